The van der Waals surface area contributed by atoms with Gasteiger partial charge in [-0.15, -0.1) is 0 Å². The molecule has 0 aliphatic carbocycles. The van der Waals surface area contributed by atoms with Crippen LogP contribution < -0.4 is 5.48 Å². The lowest BCUT2D eigenvalue weighted by Crippen LogP contribution is -2.35. The summed E-state index contributed by atoms with van der Waals surface area (Å²) in [6.45, 7) is 0.259. The second-order valence-corrected chi connectivity index (χ2v) is 3.24. The Hall–Kier alpha value is -1.26. The zero-order chi connectivity index (χ0) is 9.97. The molecule has 1 unspecified atom stereocenters. The summed E-state index contributed by atoms with van der Waals surface area (Å²) >= 11 is 5.94. The van der Waals surface area contributed by atoms with E-state index in [9.17, 15) is 4.79 Å². The molecule has 0 radical (unpaired) electrons. The first-order valence-electron chi connectivity index (χ1n) is 4.10. The summed E-state index contributed by atoms with van der Waals surface area (Å²) in [5.74, 6) is 0. The summed E-state index contributed by atoms with van der Waals surface area (Å²) in [4.78, 5) is 15.7. The Kier molecular flexibility index (Phi) is 2.56. The Bertz CT molecular complexity index is 356. The van der Waals surface area contributed by atoms with E-state index in [0.29, 0.717) is 5.02 Å². The van der Waals surface area contributed by atoms with Gasteiger partial charge in [-0.25, -0.2) is 4.79 Å². The minimum Gasteiger partial charge on any atom is -0.437 e. The van der Waals surface area contributed by atoms with E-state index < -0.39 is 12.2 Å². The van der Waals surface area contributed by atoms with Crippen molar-refractivity contribution in [2.45, 2.75) is 6.10 Å². The Morgan fingerprint density at radius 3 is 2.93 bits per heavy atom. The smallest absolute Gasteiger partial charge is 0.432 e. The van der Waals surface area contributed by atoms with Crippen LogP contribution in [0.25, 0.3) is 0 Å². The van der Waals surface area contributed by atoms with E-state index in [2.05, 4.69) is 5.48 Å². The van der Waals surface area contributed by atoms with Crippen molar-refractivity contribution in [3.05, 3.63) is 34.9 Å². The summed E-state index contributed by atoms with van der Waals surface area (Å²) < 4.78 is 4.99. The van der Waals surface area contributed by atoms with E-state index >= 15 is 0 Å². The number of ether oxygens (including phenoxy) is 1. The first-order valence-corrected chi connectivity index (χ1v) is 4.48. The standard InChI is InChI=1S/C9H8ClNO3/c10-7-4-2-1-3-6(7)8-5-13-11-9(12)14-8/h1-4,8H,5H2,(H,11,12). The molecule has 1 saturated heterocycles. The van der Waals surface area contributed by atoms with Crippen LogP contribution in [0.3, 0.4) is 0 Å². The van der Waals surface area contributed by atoms with E-state index in [-0.39, 0.29) is 6.61 Å². The fraction of sp³-hybridized carbons (Fsp3) is 0.222. The average molecular weight is 214 g/mol. The number of hydrogen-bond acceptors (Lipinski definition) is 3. The van der Waals surface area contributed by atoms with Crippen molar-refractivity contribution in [2.24, 2.45) is 0 Å². The molecule has 0 saturated carbocycles. The van der Waals surface area contributed by atoms with E-state index in [4.69, 9.17) is 21.2 Å². The number of amides is 1. The molecule has 2 rings (SSSR count). The molecule has 4 nitrogen and oxygen atoms in total. The van der Waals surface area contributed by atoms with Crippen LogP contribution in [-0.2, 0) is 9.57 Å². The molecule has 1 aromatic carbocycles. The van der Waals surface area contributed by atoms with Gasteiger partial charge < -0.3 is 4.74 Å². The number of benzene rings is 1. The third-order valence-electron chi connectivity index (χ3n) is 1.89. The average Bonchev–Trinajstić information content (AvgIpc) is 2.18. The van der Waals surface area contributed by atoms with Gasteiger partial charge in [-0.05, 0) is 6.07 Å². The van der Waals surface area contributed by atoms with Gasteiger partial charge in [0.15, 0.2) is 6.10 Å². The van der Waals surface area contributed by atoms with Crippen LogP contribution >= 0.6 is 11.6 Å². The highest BCUT2D eigenvalue weighted by molar-refractivity contribution is 6.31. The first-order chi connectivity index (χ1) is 6.77. The van der Waals surface area contributed by atoms with Crippen LogP contribution in [0.15, 0.2) is 24.3 Å². The van der Waals surface area contributed by atoms with Crippen molar-refractivity contribution in [1.82, 2.24) is 5.48 Å². The third kappa shape index (κ3) is 1.81. The molecule has 1 atom stereocenters. The highest BCUT2D eigenvalue weighted by Crippen LogP contribution is 2.26. The summed E-state index contributed by atoms with van der Waals surface area (Å²) in [5, 5.41) is 0.566. The number of carbonyl (C=O) groups excluding carboxylic acids is 1. The normalized spacial score (nSPS) is 21.2. The largest absolute Gasteiger partial charge is 0.437 e. The topological polar surface area (TPSA) is 47.6 Å². The minimum absolute atomic E-state index is 0.259. The van der Waals surface area contributed by atoms with Crippen LogP contribution in [0.4, 0.5) is 4.79 Å². The van der Waals surface area contributed by atoms with E-state index in [0.717, 1.165) is 5.56 Å². The van der Waals surface area contributed by atoms with Gasteiger partial charge in [-0.3, -0.25) is 4.84 Å². The molecule has 1 heterocycles. The lowest BCUT2D eigenvalue weighted by atomic mass is 10.1. The number of hydroxylamine groups is 1. The van der Waals surface area contributed by atoms with Crippen LogP contribution in [0, 0.1) is 0 Å². The van der Waals surface area contributed by atoms with Gasteiger partial charge >= 0.3 is 6.09 Å². The maximum atomic E-state index is 10.9. The van der Waals surface area contributed by atoms with Crippen LogP contribution in [0.5, 0.6) is 0 Å². The van der Waals surface area contributed by atoms with Gasteiger partial charge in [0.1, 0.15) is 6.61 Å². The molecular weight excluding hydrogens is 206 g/mol. The molecule has 0 aromatic heterocycles. The van der Waals surface area contributed by atoms with Crippen molar-refractivity contribution in [1.29, 1.82) is 0 Å². The van der Waals surface area contributed by atoms with Gasteiger partial charge in [0.2, 0.25) is 0 Å². The predicted molar refractivity (Wildman–Crippen MR) is 49.8 cm³/mol. The number of nitrogens with one attached hydrogen (secondary N) is 1. The number of carbonyl (C=O) groups is 1. The molecule has 1 aliphatic heterocycles. The quantitative estimate of drug-likeness (QED) is 0.777. The highest BCUT2D eigenvalue weighted by atomic mass is 35.5. The number of hydrogen-bond donors (Lipinski definition) is 1. The summed E-state index contributed by atoms with van der Waals surface area (Å²) in [6, 6.07) is 7.19. The monoisotopic (exact) mass is 213 g/mol. The Labute approximate surface area is 85.7 Å². The van der Waals surface area contributed by atoms with Crippen LogP contribution in [-0.4, -0.2) is 12.7 Å². The second-order valence-electron chi connectivity index (χ2n) is 2.83. The Balaban J connectivity index is 2.22. The summed E-state index contributed by atoms with van der Waals surface area (Å²) in [7, 11) is 0. The fourth-order valence-electron chi connectivity index (χ4n) is 1.25. The molecule has 1 aliphatic rings. The van der Waals surface area contributed by atoms with Crippen molar-refractivity contribution in [3.8, 4) is 0 Å². The van der Waals surface area contributed by atoms with Crippen molar-refractivity contribution in [3.63, 3.8) is 0 Å². The zero-order valence-electron chi connectivity index (χ0n) is 7.20. The van der Waals surface area contributed by atoms with Crippen LogP contribution in [0.1, 0.15) is 11.7 Å². The fourth-order valence-corrected chi connectivity index (χ4v) is 1.51. The maximum absolute atomic E-state index is 10.9. The lowest BCUT2D eigenvalue weighted by molar-refractivity contribution is -0.0743. The SMILES string of the molecule is O=C1NOCC(c2ccccc2Cl)O1. The lowest BCUT2D eigenvalue weighted by Gasteiger charge is -2.23. The molecular formula is C9H8ClNO3. The molecule has 1 aromatic rings. The zero-order valence-corrected chi connectivity index (χ0v) is 7.95. The van der Waals surface area contributed by atoms with Gasteiger partial charge in [0.05, 0.1) is 0 Å². The van der Waals surface area contributed by atoms with Gasteiger partial charge in [0, 0.05) is 10.6 Å². The van der Waals surface area contributed by atoms with Crippen molar-refractivity contribution >= 4 is 17.7 Å². The van der Waals surface area contributed by atoms with Crippen molar-refractivity contribution < 1.29 is 14.4 Å². The van der Waals surface area contributed by atoms with E-state index in [1.165, 1.54) is 0 Å². The molecule has 14 heavy (non-hydrogen) atoms. The number of rotatable bonds is 1. The molecule has 74 valence electrons. The van der Waals surface area contributed by atoms with Gasteiger partial charge in [-0.1, -0.05) is 29.8 Å². The van der Waals surface area contributed by atoms with Gasteiger partial charge in [-0.2, -0.15) is 5.48 Å². The molecule has 0 bridgehead atoms. The minimum atomic E-state index is -0.596. The predicted octanol–water partition coefficient (Wildman–Crippen LogP) is 2.05. The maximum Gasteiger partial charge on any atom is 0.432 e. The summed E-state index contributed by atoms with van der Waals surface area (Å²) in [6.07, 6.45) is -1.03. The Morgan fingerprint density at radius 1 is 1.43 bits per heavy atom. The van der Waals surface area contributed by atoms with Crippen molar-refractivity contribution in [2.75, 3.05) is 6.61 Å². The van der Waals surface area contributed by atoms with E-state index in [1.807, 2.05) is 12.1 Å². The van der Waals surface area contributed by atoms with Crippen LogP contribution in [0.2, 0.25) is 5.02 Å². The number of cyclic esters (lactones) is 1. The Morgan fingerprint density at radius 2 is 2.21 bits per heavy atom. The van der Waals surface area contributed by atoms with E-state index in [1.54, 1.807) is 12.1 Å². The first kappa shape index (κ1) is 9.30. The molecule has 0 spiro atoms. The summed E-state index contributed by atoms with van der Waals surface area (Å²) in [5.41, 5.74) is 2.85. The third-order valence-corrected chi connectivity index (χ3v) is 2.24. The number of halogens is 1. The molecule has 1 fully saturated rings. The van der Waals surface area contributed by atoms with Gasteiger partial charge in [0.25, 0.3) is 0 Å². The molecule has 1 amide bonds. The second kappa shape index (κ2) is 3.86. The molecule has 1 N–H and O–H groups in total. The highest BCUT2D eigenvalue weighted by Gasteiger charge is 2.23. The molecule has 5 heteroatoms.